The van der Waals surface area contributed by atoms with Crippen LogP contribution in [0.2, 0.25) is 5.02 Å². The molecule has 10 heteroatoms. The molecule has 0 saturated heterocycles. The molecule has 0 aliphatic carbocycles. The molecule has 1 atom stereocenters. The summed E-state index contributed by atoms with van der Waals surface area (Å²) in [5, 5.41) is 2.96. The monoisotopic (exact) mass is 444 g/mol. The van der Waals surface area contributed by atoms with Crippen LogP contribution in [0.25, 0.3) is 0 Å². The highest BCUT2D eigenvalue weighted by Crippen LogP contribution is 2.24. The van der Waals surface area contributed by atoms with Crippen molar-refractivity contribution in [1.29, 1.82) is 0 Å². The Bertz CT molecular complexity index is 1080. The smallest absolute Gasteiger partial charge is 0.253 e. The minimum atomic E-state index is -3.45. The lowest BCUT2D eigenvalue weighted by Crippen LogP contribution is -2.28. The van der Waals surface area contributed by atoms with Crippen LogP contribution in [0.1, 0.15) is 35.3 Å². The van der Waals surface area contributed by atoms with Gasteiger partial charge in [0.25, 0.3) is 5.91 Å². The summed E-state index contributed by atoms with van der Waals surface area (Å²) in [6.45, 7) is 1.89. The first kappa shape index (κ1) is 22.2. The number of amides is 1. The molecule has 0 fully saturated rings. The van der Waals surface area contributed by atoms with E-state index in [9.17, 15) is 21.6 Å². The molecule has 7 nitrogen and oxygen atoms in total. The molecule has 0 radical (unpaired) electrons. The summed E-state index contributed by atoms with van der Waals surface area (Å²) in [5.41, 5.74) is 1.22. The Labute approximate surface area is 170 Å². The number of hydrogen-bond acceptors (Lipinski definition) is 5. The normalized spacial score (nSPS) is 13.0. The number of carbonyl (C=O) groups excluding carboxylic acids is 1. The van der Waals surface area contributed by atoms with Crippen LogP contribution in [0.15, 0.2) is 47.4 Å². The highest BCUT2D eigenvalue weighted by atomic mass is 35.5. The molecule has 1 amide bonds. The fourth-order valence-corrected chi connectivity index (χ4v) is 4.03. The Morgan fingerprint density at radius 1 is 1.04 bits per heavy atom. The van der Waals surface area contributed by atoms with Gasteiger partial charge in [0.2, 0.25) is 10.0 Å². The molecule has 0 spiro atoms. The molecule has 0 aromatic heterocycles. The lowest BCUT2D eigenvalue weighted by molar-refractivity contribution is 0.0935. The van der Waals surface area contributed by atoms with Crippen LogP contribution in [0.3, 0.4) is 0 Å². The predicted octanol–water partition coefficient (Wildman–Crippen LogP) is 3.00. The summed E-state index contributed by atoms with van der Waals surface area (Å²) in [5.74, 6) is -0.421. The zero-order valence-corrected chi connectivity index (χ0v) is 18.0. The minimum Gasteiger partial charge on any atom is -0.345 e. The summed E-state index contributed by atoms with van der Waals surface area (Å²) in [6, 6.07) is 10.2. The van der Waals surface area contributed by atoms with Crippen molar-refractivity contribution in [1.82, 2.24) is 5.32 Å². The number of rotatable bonds is 7. The first-order chi connectivity index (χ1) is 12.9. The Morgan fingerprint density at radius 2 is 1.64 bits per heavy atom. The van der Waals surface area contributed by atoms with Crippen molar-refractivity contribution in [3.8, 4) is 0 Å². The van der Waals surface area contributed by atoms with E-state index in [1.54, 1.807) is 12.1 Å². The molecule has 2 aromatic rings. The fourth-order valence-electron chi connectivity index (χ4n) is 2.58. The van der Waals surface area contributed by atoms with Crippen molar-refractivity contribution in [2.45, 2.75) is 24.3 Å². The minimum absolute atomic E-state index is 0.105. The number of hydrogen-bond donors (Lipinski definition) is 2. The lowest BCUT2D eigenvalue weighted by atomic mass is 10.0. The highest BCUT2D eigenvalue weighted by Gasteiger charge is 2.18. The quantitative estimate of drug-likeness (QED) is 0.682. The van der Waals surface area contributed by atoms with Crippen LogP contribution in [0.5, 0.6) is 0 Å². The average Bonchev–Trinajstić information content (AvgIpc) is 2.57. The van der Waals surface area contributed by atoms with E-state index >= 15 is 0 Å². The Balaban J connectivity index is 2.20. The van der Waals surface area contributed by atoms with Gasteiger partial charge in [0.1, 0.15) is 0 Å². The zero-order chi connectivity index (χ0) is 21.1. The molecule has 2 rings (SSSR count). The van der Waals surface area contributed by atoms with Crippen molar-refractivity contribution >= 4 is 43.1 Å². The number of nitrogens with one attached hydrogen (secondary N) is 2. The van der Waals surface area contributed by atoms with Gasteiger partial charge in [-0.05, 0) is 42.3 Å². The molecule has 0 saturated carbocycles. The standard InChI is InChI=1S/C18H21ClN2O5S2/c1-4-17(12-5-8-14(9-6-12)27(2,23)24)20-18(22)15-10-7-13(11-16(15)19)21-28(3,25)26/h5-11,17,21H,4H2,1-3H3,(H,20,22)/t17-/m0/s1. The second-order valence-electron chi connectivity index (χ2n) is 6.34. The van der Waals surface area contributed by atoms with Gasteiger partial charge in [-0.1, -0.05) is 30.7 Å². The zero-order valence-electron chi connectivity index (χ0n) is 15.6. The maximum absolute atomic E-state index is 12.6. The summed E-state index contributed by atoms with van der Waals surface area (Å²) in [6.07, 6.45) is 2.73. The van der Waals surface area contributed by atoms with Crippen LogP contribution in [0.4, 0.5) is 5.69 Å². The van der Waals surface area contributed by atoms with E-state index in [-0.39, 0.29) is 27.2 Å². The molecule has 0 heterocycles. The molecule has 0 aliphatic rings. The van der Waals surface area contributed by atoms with Crippen molar-refractivity contribution in [2.75, 3.05) is 17.2 Å². The largest absolute Gasteiger partial charge is 0.345 e. The molecule has 28 heavy (non-hydrogen) atoms. The Morgan fingerprint density at radius 3 is 2.11 bits per heavy atom. The van der Waals surface area contributed by atoms with Gasteiger partial charge in [0.05, 0.1) is 27.8 Å². The number of sulfonamides is 1. The predicted molar refractivity (Wildman–Crippen MR) is 110 cm³/mol. The van der Waals surface area contributed by atoms with E-state index in [4.69, 9.17) is 11.6 Å². The summed E-state index contributed by atoms with van der Waals surface area (Å²) >= 11 is 6.13. The number of anilines is 1. The number of halogens is 1. The number of benzene rings is 2. The van der Waals surface area contributed by atoms with Crippen LogP contribution in [-0.4, -0.2) is 35.3 Å². The Hall–Kier alpha value is -2.10. The number of carbonyl (C=O) groups is 1. The molecule has 0 aliphatic heterocycles. The van der Waals surface area contributed by atoms with Crippen LogP contribution >= 0.6 is 11.6 Å². The van der Waals surface area contributed by atoms with Gasteiger partial charge in [-0.3, -0.25) is 9.52 Å². The third kappa shape index (κ3) is 5.95. The third-order valence-corrected chi connectivity index (χ3v) is 5.99. The summed E-state index contributed by atoms with van der Waals surface area (Å²) < 4.78 is 48.0. The van der Waals surface area contributed by atoms with Gasteiger partial charge >= 0.3 is 0 Å². The van der Waals surface area contributed by atoms with Gasteiger partial charge < -0.3 is 5.32 Å². The van der Waals surface area contributed by atoms with Gasteiger partial charge in [-0.2, -0.15) is 0 Å². The van der Waals surface area contributed by atoms with E-state index in [1.807, 2.05) is 6.92 Å². The van der Waals surface area contributed by atoms with E-state index < -0.39 is 25.8 Å². The first-order valence-corrected chi connectivity index (χ1v) is 12.4. The van der Waals surface area contributed by atoms with Crippen molar-refractivity contribution < 1.29 is 21.6 Å². The topological polar surface area (TPSA) is 109 Å². The molecule has 0 unspecified atom stereocenters. The van der Waals surface area contributed by atoms with Crippen LogP contribution in [-0.2, 0) is 19.9 Å². The molecular formula is C18H21ClN2O5S2. The van der Waals surface area contributed by atoms with Crippen molar-refractivity contribution in [3.63, 3.8) is 0 Å². The van der Waals surface area contributed by atoms with E-state index in [0.717, 1.165) is 18.1 Å². The Kier molecular flexibility index (Phi) is 6.74. The lowest BCUT2D eigenvalue weighted by Gasteiger charge is -2.18. The van der Waals surface area contributed by atoms with Gasteiger partial charge in [0.15, 0.2) is 9.84 Å². The second-order valence-corrected chi connectivity index (χ2v) is 10.5. The maximum atomic E-state index is 12.6. The van der Waals surface area contributed by atoms with Crippen molar-refractivity contribution in [3.05, 3.63) is 58.6 Å². The van der Waals surface area contributed by atoms with E-state index in [2.05, 4.69) is 10.0 Å². The molecule has 2 aromatic carbocycles. The molecule has 2 N–H and O–H groups in total. The second kappa shape index (κ2) is 8.50. The molecule has 152 valence electrons. The SMILES string of the molecule is CC[C@H](NC(=O)c1ccc(NS(C)(=O)=O)cc1Cl)c1ccc(S(C)(=O)=O)cc1. The van der Waals surface area contributed by atoms with E-state index in [0.29, 0.717) is 6.42 Å². The van der Waals surface area contributed by atoms with Crippen LogP contribution in [0, 0.1) is 0 Å². The third-order valence-electron chi connectivity index (χ3n) is 3.94. The first-order valence-electron chi connectivity index (χ1n) is 8.29. The van der Waals surface area contributed by atoms with Crippen LogP contribution < -0.4 is 10.0 Å². The number of sulfone groups is 1. The fraction of sp³-hybridized carbons (Fsp3) is 0.278. The molecular weight excluding hydrogens is 424 g/mol. The van der Waals surface area contributed by atoms with E-state index in [1.165, 1.54) is 30.3 Å². The summed E-state index contributed by atoms with van der Waals surface area (Å²) in [7, 11) is -6.75. The van der Waals surface area contributed by atoms with Gasteiger partial charge in [0, 0.05) is 11.9 Å². The van der Waals surface area contributed by atoms with Gasteiger partial charge in [-0.25, -0.2) is 16.8 Å². The van der Waals surface area contributed by atoms with Gasteiger partial charge in [-0.15, -0.1) is 0 Å². The summed E-state index contributed by atoms with van der Waals surface area (Å²) in [4.78, 5) is 12.8. The highest BCUT2D eigenvalue weighted by molar-refractivity contribution is 7.92. The van der Waals surface area contributed by atoms with Crippen molar-refractivity contribution in [2.24, 2.45) is 0 Å². The maximum Gasteiger partial charge on any atom is 0.253 e. The molecule has 0 bridgehead atoms. The average molecular weight is 445 g/mol.